The molecule has 2 aromatic carbocycles. The molecular weight excluding hydrogens is 688 g/mol. The van der Waals surface area contributed by atoms with E-state index in [0.717, 1.165) is 36.8 Å². The zero-order chi connectivity index (χ0) is 38.7. The summed E-state index contributed by atoms with van der Waals surface area (Å²) in [4.78, 5) is 34.6. The summed E-state index contributed by atoms with van der Waals surface area (Å²) in [6.07, 6.45) is 8.79. The minimum Gasteiger partial charge on any atom is -0.459 e. The maximum absolute atomic E-state index is 14.6. The van der Waals surface area contributed by atoms with Gasteiger partial charge in [-0.3, -0.25) is 4.79 Å². The molecule has 2 amide bonds. The van der Waals surface area contributed by atoms with Crippen molar-refractivity contribution in [2.45, 2.75) is 83.0 Å². The van der Waals surface area contributed by atoms with E-state index in [9.17, 15) is 25.1 Å². The molecule has 0 spiro atoms. The third kappa shape index (κ3) is 8.49. The molecule has 12 heteroatoms. The molecule has 2 aromatic rings. The number of fused-ring (bicyclic) bond motifs is 2. The fraction of sp³-hybridized carbons (Fsp3) is 0.524. The molecule has 2 aliphatic carbocycles. The Balaban J connectivity index is 1.77. The molecule has 1 heterocycles. The lowest BCUT2D eigenvalue weighted by Crippen LogP contribution is -2.70. The number of carbonyl (C=O) groups excluding carboxylic acids is 2. The van der Waals surface area contributed by atoms with Crippen molar-refractivity contribution in [1.82, 2.24) is 10.2 Å². The van der Waals surface area contributed by atoms with E-state index in [0.29, 0.717) is 60.7 Å². The van der Waals surface area contributed by atoms with Gasteiger partial charge in [0.15, 0.2) is 0 Å². The summed E-state index contributed by atoms with van der Waals surface area (Å²) in [5, 5.41) is 36.3. The van der Waals surface area contributed by atoms with E-state index in [2.05, 4.69) is 29.2 Å². The number of nitrogens with one attached hydrogen (secondary N) is 1. The number of benzene rings is 2. The molecular formula is C42H54N4O8. The van der Waals surface area contributed by atoms with Crippen LogP contribution >= 0.6 is 0 Å². The molecule has 5 rings (SSSR count). The van der Waals surface area contributed by atoms with Crippen molar-refractivity contribution in [3.63, 3.8) is 0 Å². The van der Waals surface area contributed by atoms with Gasteiger partial charge in [-0.2, -0.15) is 5.26 Å². The van der Waals surface area contributed by atoms with Gasteiger partial charge < -0.3 is 39.5 Å². The highest BCUT2D eigenvalue weighted by molar-refractivity contribution is 6.03. The van der Waals surface area contributed by atoms with Crippen LogP contribution in [-0.2, 0) is 9.57 Å². The fourth-order valence-electron chi connectivity index (χ4n) is 8.60. The number of aliphatic hydroxyl groups excluding tert-OH is 2. The second-order valence-electron chi connectivity index (χ2n) is 14.1. The van der Waals surface area contributed by atoms with Gasteiger partial charge in [0.05, 0.1) is 29.9 Å². The molecule has 0 saturated heterocycles. The molecule has 6 atom stereocenters. The summed E-state index contributed by atoms with van der Waals surface area (Å²) >= 11 is 0. The Kier molecular flexibility index (Phi) is 14.3. The molecule has 54 heavy (non-hydrogen) atoms. The smallest absolute Gasteiger partial charge is 0.412 e. The zero-order valence-electron chi connectivity index (χ0n) is 31.7. The van der Waals surface area contributed by atoms with Crippen molar-refractivity contribution in [2.24, 2.45) is 22.9 Å². The molecule has 290 valence electrons. The summed E-state index contributed by atoms with van der Waals surface area (Å²) < 4.78 is 19.9. The molecule has 0 aromatic heterocycles. The number of allylic oxidation sites excluding steroid dienone is 1. The zero-order valence-corrected chi connectivity index (χ0v) is 31.7. The topological polar surface area (TPSA) is 163 Å². The summed E-state index contributed by atoms with van der Waals surface area (Å²) in [6, 6.07) is 13.5. The second kappa shape index (κ2) is 19.1. The molecule has 1 aliphatic heterocycles. The third-order valence-electron chi connectivity index (χ3n) is 10.7. The standard InChI is InChI=1S/C42H54N4O8/c1-5-20-46(40(49)29-16-14-28(27-43)15-17-29)37-26-35(45-51-4)33-24-30(12-8-10-21-47)32(13-9-11-22-48)38-34-25-31(53-41(50)44-7-3)18-19-36(34)54-42(37,39(33)38)52-23-6-2/h6,14-19,24-25,30,32,37-39,47-48H,2,5,7-13,20-23,26H2,1,3-4H3,(H,44,50)/t30-,32+,37-,38+,39+,42+/m0/s1. The van der Waals surface area contributed by atoms with E-state index in [-0.39, 0.29) is 49.9 Å². The number of nitriles is 1. The van der Waals surface area contributed by atoms with E-state index < -0.39 is 23.8 Å². The Morgan fingerprint density at radius 3 is 2.50 bits per heavy atom. The van der Waals surface area contributed by atoms with Gasteiger partial charge in [0.2, 0.25) is 5.79 Å². The Bertz CT molecular complexity index is 1720. The van der Waals surface area contributed by atoms with Gasteiger partial charge in [0.25, 0.3) is 5.91 Å². The predicted molar refractivity (Wildman–Crippen MR) is 204 cm³/mol. The van der Waals surface area contributed by atoms with Gasteiger partial charge >= 0.3 is 6.09 Å². The highest BCUT2D eigenvalue weighted by atomic mass is 16.7. The summed E-state index contributed by atoms with van der Waals surface area (Å²) in [5.41, 5.74) is 3.34. The molecule has 3 aliphatic rings. The van der Waals surface area contributed by atoms with Crippen molar-refractivity contribution >= 4 is 17.7 Å². The van der Waals surface area contributed by atoms with Crippen LogP contribution in [0.2, 0.25) is 0 Å². The first kappa shape index (κ1) is 40.5. The maximum atomic E-state index is 14.6. The highest BCUT2D eigenvalue weighted by Crippen LogP contribution is 2.62. The number of ether oxygens (including phenoxy) is 3. The lowest BCUT2D eigenvalue weighted by molar-refractivity contribution is -0.254. The Morgan fingerprint density at radius 2 is 1.85 bits per heavy atom. The van der Waals surface area contributed by atoms with Crippen LogP contribution in [0, 0.1) is 29.1 Å². The van der Waals surface area contributed by atoms with Gasteiger partial charge in [0.1, 0.15) is 24.7 Å². The normalized spacial score (nSPS) is 24.6. The Morgan fingerprint density at radius 1 is 1.11 bits per heavy atom. The Hall–Kier alpha value is -4.70. The monoisotopic (exact) mass is 742 g/mol. The maximum Gasteiger partial charge on any atom is 0.412 e. The van der Waals surface area contributed by atoms with Crippen molar-refractivity contribution in [2.75, 3.05) is 40.0 Å². The average Bonchev–Trinajstić information content (AvgIpc) is 3.18. The van der Waals surface area contributed by atoms with E-state index in [1.807, 2.05) is 30.9 Å². The van der Waals surface area contributed by atoms with Crippen LogP contribution in [0.5, 0.6) is 11.5 Å². The summed E-state index contributed by atoms with van der Waals surface area (Å²) in [7, 11) is 1.51. The number of nitrogens with zero attached hydrogens (tertiary/aromatic N) is 3. The molecule has 1 fully saturated rings. The SMILES string of the molecule is C=CCO[C@@]12Oc3ccc(OC(=O)NCC)cc3[C@H]3[C@H](CCCCO)[C@@H](CCCCO)C=C(C(=NOC)C[C@@H]1N(CCC)C(=O)c1ccc(C#N)cc1)[C@H]32. The van der Waals surface area contributed by atoms with Gasteiger partial charge in [0, 0.05) is 49.8 Å². The lowest BCUT2D eigenvalue weighted by Gasteiger charge is -2.60. The van der Waals surface area contributed by atoms with Crippen molar-refractivity contribution in [3.05, 3.63) is 83.5 Å². The van der Waals surface area contributed by atoms with Crippen molar-refractivity contribution in [3.8, 4) is 17.6 Å². The van der Waals surface area contributed by atoms with E-state index in [1.54, 1.807) is 36.4 Å². The first-order chi connectivity index (χ1) is 26.3. The molecule has 0 radical (unpaired) electrons. The molecule has 12 nitrogen and oxygen atoms in total. The molecule has 3 N–H and O–H groups in total. The third-order valence-corrected chi connectivity index (χ3v) is 10.7. The number of rotatable bonds is 18. The highest BCUT2D eigenvalue weighted by Gasteiger charge is 2.65. The average molecular weight is 743 g/mol. The van der Waals surface area contributed by atoms with Crippen LogP contribution in [-0.4, -0.2) is 84.7 Å². The van der Waals surface area contributed by atoms with E-state index in [1.165, 1.54) is 7.11 Å². The minimum atomic E-state index is -1.41. The minimum absolute atomic E-state index is 0.0227. The van der Waals surface area contributed by atoms with Crippen molar-refractivity contribution < 1.29 is 38.9 Å². The van der Waals surface area contributed by atoms with Gasteiger partial charge in [-0.05, 0) is 98.9 Å². The first-order valence-corrected chi connectivity index (χ1v) is 19.2. The number of oxime groups is 1. The van der Waals surface area contributed by atoms with Crippen LogP contribution in [0.25, 0.3) is 0 Å². The van der Waals surface area contributed by atoms with Gasteiger partial charge in [-0.25, -0.2) is 4.79 Å². The quantitative estimate of drug-likeness (QED) is 0.0881. The molecule has 1 saturated carbocycles. The first-order valence-electron chi connectivity index (χ1n) is 19.2. The largest absolute Gasteiger partial charge is 0.459 e. The number of aliphatic hydroxyl groups is 2. The van der Waals surface area contributed by atoms with Crippen LogP contribution < -0.4 is 14.8 Å². The lowest BCUT2D eigenvalue weighted by atomic mass is 9.55. The number of hydrogen-bond acceptors (Lipinski definition) is 10. The second-order valence-corrected chi connectivity index (χ2v) is 14.1. The van der Waals surface area contributed by atoms with Gasteiger partial charge in [-0.1, -0.05) is 37.1 Å². The van der Waals surface area contributed by atoms with E-state index in [4.69, 9.17) is 19.0 Å². The summed E-state index contributed by atoms with van der Waals surface area (Å²) in [5.74, 6) is -1.37. The molecule has 0 unspecified atom stereocenters. The number of unbranched alkanes of at least 4 members (excludes halogenated alkanes) is 2. The molecule has 0 bridgehead atoms. The van der Waals surface area contributed by atoms with E-state index >= 15 is 0 Å². The predicted octanol–water partition coefficient (Wildman–Crippen LogP) is 6.48. The van der Waals surface area contributed by atoms with Crippen LogP contribution in [0.4, 0.5) is 4.79 Å². The fourth-order valence-corrected chi connectivity index (χ4v) is 8.60. The number of amides is 2. The number of carbonyl (C=O) groups is 2. The van der Waals surface area contributed by atoms with Crippen LogP contribution in [0.15, 0.2) is 71.9 Å². The van der Waals surface area contributed by atoms with Crippen LogP contribution in [0.3, 0.4) is 0 Å². The number of hydrogen-bond donors (Lipinski definition) is 3. The van der Waals surface area contributed by atoms with Crippen LogP contribution in [0.1, 0.15) is 92.6 Å². The van der Waals surface area contributed by atoms with Gasteiger partial charge in [-0.15, -0.1) is 6.58 Å². The Labute approximate surface area is 318 Å². The summed E-state index contributed by atoms with van der Waals surface area (Å²) in [6.45, 7) is 8.91. The van der Waals surface area contributed by atoms with Crippen molar-refractivity contribution in [1.29, 1.82) is 5.26 Å².